The molecule has 0 heterocycles. The summed E-state index contributed by atoms with van der Waals surface area (Å²) in [5.74, 6) is 1.18. The Balaban J connectivity index is 2.24. The summed E-state index contributed by atoms with van der Waals surface area (Å²) in [6.45, 7) is 11.5. The fraction of sp³-hybridized carbons (Fsp3) is 0.409. The number of aldehydes is 1. The van der Waals surface area contributed by atoms with E-state index in [-0.39, 0.29) is 5.41 Å². The number of fused-ring (bicyclic) bond motifs is 1. The number of hydrogen-bond acceptors (Lipinski definition) is 1. The Morgan fingerprint density at radius 3 is 2.50 bits per heavy atom. The standard InChI is InChI=1S/C22H25ClO/c1-13-8-20-18(15(3)14(2)11-22(20,4)5)10-17(13)19-9-16(12-24)6-7-21(19)23/h6-10,12,14-15H,11H2,1-5H3. The van der Waals surface area contributed by atoms with Crippen LogP contribution in [0.5, 0.6) is 0 Å². The number of carbonyl (C=O) groups excluding carboxylic acids is 1. The van der Waals surface area contributed by atoms with Gasteiger partial charge in [-0.15, -0.1) is 0 Å². The molecule has 0 aromatic heterocycles. The summed E-state index contributed by atoms with van der Waals surface area (Å²) >= 11 is 6.45. The molecule has 0 bridgehead atoms. The van der Waals surface area contributed by atoms with Gasteiger partial charge in [0.1, 0.15) is 6.29 Å². The van der Waals surface area contributed by atoms with E-state index in [0.717, 1.165) is 17.4 Å². The van der Waals surface area contributed by atoms with Crippen LogP contribution in [0.3, 0.4) is 0 Å². The molecule has 0 saturated heterocycles. The molecule has 0 fully saturated rings. The van der Waals surface area contributed by atoms with Crippen LogP contribution in [-0.2, 0) is 5.41 Å². The molecule has 0 spiro atoms. The molecule has 0 radical (unpaired) electrons. The van der Waals surface area contributed by atoms with Gasteiger partial charge in [-0.3, -0.25) is 4.79 Å². The van der Waals surface area contributed by atoms with Crippen molar-refractivity contribution in [2.45, 2.75) is 52.4 Å². The van der Waals surface area contributed by atoms with Gasteiger partial charge in [0.15, 0.2) is 0 Å². The summed E-state index contributed by atoms with van der Waals surface area (Å²) in [4.78, 5) is 11.2. The normalized spacial score (nSPS) is 22.1. The molecule has 2 aromatic carbocycles. The van der Waals surface area contributed by atoms with E-state index in [1.54, 1.807) is 6.07 Å². The van der Waals surface area contributed by atoms with Gasteiger partial charge >= 0.3 is 0 Å². The van der Waals surface area contributed by atoms with Crippen LogP contribution in [0.4, 0.5) is 0 Å². The van der Waals surface area contributed by atoms with E-state index in [1.165, 1.54) is 23.1 Å². The third-order valence-electron chi connectivity index (χ3n) is 5.72. The highest BCUT2D eigenvalue weighted by molar-refractivity contribution is 6.33. The van der Waals surface area contributed by atoms with E-state index in [0.29, 0.717) is 22.4 Å². The van der Waals surface area contributed by atoms with Gasteiger partial charge in [-0.1, -0.05) is 57.5 Å². The van der Waals surface area contributed by atoms with Crippen molar-refractivity contribution in [3.8, 4) is 11.1 Å². The van der Waals surface area contributed by atoms with E-state index in [1.807, 2.05) is 12.1 Å². The van der Waals surface area contributed by atoms with Gasteiger partial charge in [0.25, 0.3) is 0 Å². The fourth-order valence-electron chi connectivity index (χ4n) is 4.20. The first-order chi connectivity index (χ1) is 11.2. The summed E-state index contributed by atoms with van der Waals surface area (Å²) in [5, 5.41) is 0.694. The van der Waals surface area contributed by atoms with Crippen LogP contribution in [0.15, 0.2) is 30.3 Å². The Morgan fingerprint density at radius 2 is 1.83 bits per heavy atom. The molecule has 0 amide bonds. The quantitative estimate of drug-likeness (QED) is 0.566. The van der Waals surface area contributed by atoms with Gasteiger partial charge in [0.05, 0.1) is 0 Å². The minimum absolute atomic E-state index is 0.193. The largest absolute Gasteiger partial charge is 0.298 e. The van der Waals surface area contributed by atoms with Gasteiger partial charge in [-0.2, -0.15) is 0 Å². The molecule has 1 aliphatic carbocycles. The van der Waals surface area contributed by atoms with Crippen LogP contribution in [0.1, 0.15) is 67.1 Å². The molecule has 0 saturated carbocycles. The van der Waals surface area contributed by atoms with Crippen molar-refractivity contribution < 1.29 is 4.79 Å². The van der Waals surface area contributed by atoms with E-state index < -0.39 is 0 Å². The zero-order chi connectivity index (χ0) is 17.6. The minimum Gasteiger partial charge on any atom is -0.298 e. The number of hydrogen-bond donors (Lipinski definition) is 0. The van der Waals surface area contributed by atoms with Gasteiger partial charge in [-0.05, 0) is 65.0 Å². The maximum atomic E-state index is 11.2. The highest BCUT2D eigenvalue weighted by Gasteiger charge is 2.35. The third kappa shape index (κ3) is 2.80. The average molecular weight is 341 g/mol. The molecule has 2 heteroatoms. The summed E-state index contributed by atoms with van der Waals surface area (Å²) in [6.07, 6.45) is 2.09. The maximum absolute atomic E-state index is 11.2. The molecule has 24 heavy (non-hydrogen) atoms. The summed E-state index contributed by atoms with van der Waals surface area (Å²) in [7, 11) is 0. The van der Waals surface area contributed by atoms with Crippen LogP contribution in [0.2, 0.25) is 5.02 Å². The zero-order valence-electron chi connectivity index (χ0n) is 15.1. The lowest BCUT2D eigenvalue weighted by Crippen LogP contribution is -2.30. The molecule has 1 aliphatic rings. The first-order valence-electron chi connectivity index (χ1n) is 8.64. The molecule has 2 unspecified atom stereocenters. The van der Waals surface area contributed by atoms with Crippen molar-refractivity contribution >= 4 is 17.9 Å². The summed E-state index contributed by atoms with van der Waals surface area (Å²) < 4.78 is 0. The van der Waals surface area contributed by atoms with Crippen molar-refractivity contribution in [3.63, 3.8) is 0 Å². The zero-order valence-corrected chi connectivity index (χ0v) is 15.9. The van der Waals surface area contributed by atoms with Crippen LogP contribution in [0.25, 0.3) is 11.1 Å². The van der Waals surface area contributed by atoms with Crippen molar-refractivity contribution in [1.29, 1.82) is 0 Å². The van der Waals surface area contributed by atoms with Gasteiger partial charge in [-0.25, -0.2) is 0 Å². The van der Waals surface area contributed by atoms with E-state index in [4.69, 9.17) is 11.6 Å². The number of carbonyl (C=O) groups is 1. The number of rotatable bonds is 2. The Labute approximate surface area is 150 Å². The lowest BCUT2D eigenvalue weighted by atomic mass is 9.64. The second kappa shape index (κ2) is 6.04. The monoisotopic (exact) mass is 340 g/mol. The summed E-state index contributed by atoms with van der Waals surface area (Å²) in [5.41, 5.74) is 7.04. The topological polar surface area (TPSA) is 17.1 Å². The predicted molar refractivity (Wildman–Crippen MR) is 102 cm³/mol. The maximum Gasteiger partial charge on any atom is 0.150 e. The SMILES string of the molecule is Cc1cc2c(cc1-c1cc(C=O)ccc1Cl)C(C)C(C)CC2(C)C. The molecular weight excluding hydrogens is 316 g/mol. The van der Waals surface area contributed by atoms with Gasteiger partial charge in [0, 0.05) is 16.1 Å². The van der Waals surface area contributed by atoms with Crippen molar-refractivity contribution in [2.24, 2.45) is 5.92 Å². The van der Waals surface area contributed by atoms with Crippen LogP contribution in [0, 0.1) is 12.8 Å². The van der Waals surface area contributed by atoms with Crippen molar-refractivity contribution in [1.82, 2.24) is 0 Å². The smallest absolute Gasteiger partial charge is 0.150 e. The second-order valence-corrected chi connectivity index (χ2v) is 8.37. The molecule has 0 N–H and O–H groups in total. The highest BCUT2D eigenvalue weighted by Crippen LogP contribution is 2.47. The van der Waals surface area contributed by atoms with Crippen molar-refractivity contribution in [2.75, 3.05) is 0 Å². The second-order valence-electron chi connectivity index (χ2n) is 7.97. The van der Waals surface area contributed by atoms with Crippen LogP contribution < -0.4 is 0 Å². The fourth-order valence-corrected chi connectivity index (χ4v) is 4.42. The van der Waals surface area contributed by atoms with E-state index in [9.17, 15) is 4.79 Å². The molecule has 3 rings (SSSR count). The molecule has 2 aromatic rings. The van der Waals surface area contributed by atoms with Crippen LogP contribution in [-0.4, -0.2) is 6.29 Å². The Kier molecular flexibility index (Phi) is 4.34. The Morgan fingerprint density at radius 1 is 1.12 bits per heavy atom. The van der Waals surface area contributed by atoms with E-state index in [2.05, 4.69) is 46.8 Å². The number of halogens is 1. The van der Waals surface area contributed by atoms with Gasteiger partial charge < -0.3 is 0 Å². The van der Waals surface area contributed by atoms with Crippen molar-refractivity contribution in [3.05, 3.63) is 57.6 Å². The summed E-state index contributed by atoms with van der Waals surface area (Å²) in [6, 6.07) is 10.1. The molecule has 126 valence electrons. The lowest BCUT2D eigenvalue weighted by Gasteiger charge is -2.41. The molecule has 0 aliphatic heterocycles. The number of aryl methyl sites for hydroxylation is 1. The first-order valence-corrected chi connectivity index (χ1v) is 9.02. The van der Waals surface area contributed by atoms with Crippen LogP contribution >= 0.6 is 11.6 Å². The first kappa shape index (κ1) is 17.2. The lowest BCUT2D eigenvalue weighted by molar-refractivity contribution is 0.112. The molecule has 1 nitrogen and oxygen atoms in total. The third-order valence-corrected chi connectivity index (χ3v) is 6.05. The Hall–Kier alpha value is -1.60. The molecule has 2 atom stereocenters. The van der Waals surface area contributed by atoms with E-state index >= 15 is 0 Å². The Bertz CT molecular complexity index is 804. The highest BCUT2D eigenvalue weighted by atomic mass is 35.5. The molecular formula is C22H25ClO. The predicted octanol–water partition coefficient (Wildman–Crippen LogP) is 6.55. The van der Waals surface area contributed by atoms with Gasteiger partial charge in [0.2, 0.25) is 0 Å². The number of benzene rings is 2. The average Bonchev–Trinajstić information content (AvgIpc) is 2.53. The minimum atomic E-state index is 0.193.